The Bertz CT molecular complexity index is 604. The van der Waals surface area contributed by atoms with Gasteiger partial charge in [-0.1, -0.05) is 0 Å². The van der Waals surface area contributed by atoms with Crippen LogP contribution in [0.4, 0.5) is 4.39 Å². The van der Waals surface area contributed by atoms with E-state index in [0.29, 0.717) is 18.4 Å². The quantitative estimate of drug-likeness (QED) is 0.595. The number of hydrogen-bond acceptors (Lipinski definition) is 5. The van der Waals surface area contributed by atoms with Gasteiger partial charge in [-0.05, 0) is 6.07 Å². The van der Waals surface area contributed by atoms with Crippen LogP contribution in [0.25, 0.3) is 0 Å². The number of carboxylic acid groups (broad SMARTS) is 1. The molecule has 0 aliphatic heterocycles. The summed E-state index contributed by atoms with van der Waals surface area (Å²) in [6.45, 7) is 0. The molecule has 0 heterocycles. The number of halogens is 1. The van der Waals surface area contributed by atoms with E-state index in [0.717, 1.165) is 0 Å². The van der Waals surface area contributed by atoms with E-state index in [-0.39, 0.29) is 0 Å². The first-order valence-corrected chi connectivity index (χ1v) is 6.04. The monoisotopic (exact) mass is 262 g/mol. The highest BCUT2D eigenvalue weighted by atomic mass is 32.2. The zero-order valence-corrected chi connectivity index (χ0v) is 9.28. The van der Waals surface area contributed by atoms with Crippen LogP contribution in [0.15, 0.2) is 17.0 Å². The van der Waals surface area contributed by atoms with Gasteiger partial charge < -0.3 is 10.2 Å². The first-order valence-electron chi connectivity index (χ1n) is 4.14. The maximum absolute atomic E-state index is 13.3. The Kier molecular flexibility index (Phi) is 3.18. The molecule has 0 bridgehead atoms. The summed E-state index contributed by atoms with van der Waals surface area (Å²) in [7, 11) is -3.91. The van der Waals surface area contributed by atoms with Crippen molar-refractivity contribution >= 4 is 21.6 Å². The molecule has 0 aliphatic carbocycles. The third kappa shape index (κ3) is 2.59. The summed E-state index contributed by atoms with van der Waals surface area (Å²) in [6, 6.07) is 0.878. The topological polar surface area (TPSA) is 109 Å². The molecule has 1 aromatic rings. The number of phenols is 1. The summed E-state index contributed by atoms with van der Waals surface area (Å²) < 4.78 is 35.5. The molecule has 92 valence electrons. The predicted octanol–water partition coefficient (Wildman–Crippen LogP) is 0.202. The minimum Gasteiger partial charge on any atom is -0.507 e. The van der Waals surface area contributed by atoms with Crippen LogP contribution in [0.3, 0.4) is 0 Å². The van der Waals surface area contributed by atoms with Crippen molar-refractivity contribution in [2.75, 3.05) is 6.26 Å². The van der Waals surface area contributed by atoms with Crippen LogP contribution in [0.2, 0.25) is 0 Å². The van der Waals surface area contributed by atoms with E-state index in [1.54, 1.807) is 0 Å². The Balaban J connectivity index is 3.49. The largest absolute Gasteiger partial charge is 0.507 e. The van der Waals surface area contributed by atoms with Gasteiger partial charge in [0.05, 0.1) is 5.56 Å². The number of carboxylic acids is 1. The minimum atomic E-state index is -3.91. The number of carbonyl (C=O) groups is 2. The normalized spacial score (nSPS) is 11.2. The third-order valence-electron chi connectivity index (χ3n) is 1.89. The number of aromatic hydroxyl groups is 1. The summed E-state index contributed by atoms with van der Waals surface area (Å²) in [4.78, 5) is 20.5. The lowest BCUT2D eigenvalue weighted by Gasteiger charge is -2.05. The van der Waals surface area contributed by atoms with Gasteiger partial charge in [0.25, 0.3) is 5.78 Å². The number of ketones is 1. The van der Waals surface area contributed by atoms with Crippen LogP contribution in [0.1, 0.15) is 10.4 Å². The van der Waals surface area contributed by atoms with Crippen LogP contribution in [0, 0.1) is 5.82 Å². The Hall–Kier alpha value is -1.96. The van der Waals surface area contributed by atoms with E-state index in [2.05, 4.69) is 0 Å². The molecule has 0 spiro atoms. The summed E-state index contributed by atoms with van der Waals surface area (Å²) >= 11 is 0. The molecule has 0 unspecified atom stereocenters. The van der Waals surface area contributed by atoms with E-state index in [4.69, 9.17) is 5.11 Å². The van der Waals surface area contributed by atoms with Gasteiger partial charge in [-0.25, -0.2) is 17.6 Å². The SMILES string of the molecule is CS(=O)(=O)c1cc(O)c(C(=O)C(=O)O)cc1F. The number of carbonyl (C=O) groups excluding carboxylic acids is 1. The van der Waals surface area contributed by atoms with E-state index >= 15 is 0 Å². The number of phenolic OH excluding ortho intramolecular Hbond substituents is 1. The zero-order chi connectivity index (χ0) is 13.4. The Morgan fingerprint density at radius 2 is 1.82 bits per heavy atom. The highest BCUT2D eigenvalue weighted by Gasteiger charge is 2.23. The highest BCUT2D eigenvalue weighted by Crippen LogP contribution is 2.25. The molecule has 6 nitrogen and oxygen atoms in total. The minimum absolute atomic E-state index is 0.377. The van der Waals surface area contributed by atoms with Crippen LogP contribution >= 0.6 is 0 Å². The predicted molar refractivity (Wildman–Crippen MR) is 53.1 cm³/mol. The van der Waals surface area contributed by atoms with Gasteiger partial charge in [0.1, 0.15) is 16.5 Å². The molecule has 0 fully saturated rings. The molecule has 0 saturated carbocycles. The highest BCUT2D eigenvalue weighted by molar-refractivity contribution is 7.90. The van der Waals surface area contributed by atoms with Gasteiger partial charge in [0.15, 0.2) is 9.84 Å². The molecule has 0 atom stereocenters. The maximum atomic E-state index is 13.3. The van der Waals surface area contributed by atoms with Crippen molar-refractivity contribution in [3.63, 3.8) is 0 Å². The summed E-state index contributed by atoms with van der Waals surface area (Å²) in [5.74, 6) is -5.61. The van der Waals surface area contributed by atoms with Gasteiger partial charge in [-0.15, -0.1) is 0 Å². The lowest BCUT2D eigenvalue weighted by Crippen LogP contribution is -2.14. The lowest BCUT2D eigenvalue weighted by atomic mass is 10.1. The Labute approximate surface area is 95.2 Å². The number of Topliss-reactive ketones (excluding diaryl/α,β-unsaturated/α-hetero) is 1. The fourth-order valence-electron chi connectivity index (χ4n) is 1.12. The van der Waals surface area contributed by atoms with E-state index in [1.807, 2.05) is 0 Å². The van der Waals surface area contributed by atoms with Gasteiger partial charge in [0.2, 0.25) is 0 Å². The second-order valence-electron chi connectivity index (χ2n) is 3.21. The molecule has 2 N–H and O–H groups in total. The van der Waals surface area contributed by atoms with Crippen molar-refractivity contribution in [2.45, 2.75) is 4.90 Å². The molecule has 0 amide bonds. The van der Waals surface area contributed by atoms with Crippen molar-refractivity contribution in [2.24, 2.45) is 0 Å². The van der Waals surface area contributed by atoms with Crippen molar-refractivity contribution in [1.29, 1.82) is 0 Å². The summed E-state index contributed by atoms with van der Waals surface area (Å²) in [5, 5.41) is 17.7. The molecule has 1 aromatic carbocycles. The molecule has 17 heavy (non-hydrogen) atoms. The Morgan fingerprint density at radius 3 is 2.24 bits per heavy atom. The van der Waals surface area contributed by atoms with Crippen LogP contribution in [0.5, 0.6) is 5.75 Å². The van der Waals surface area contributed by atoms with Crippen LogP contribution < -0.4 is 0 Å². The number of rotatable bonds is 3. The first kappa shape index (κ1) is 13.1. The molecule has 0 saturated heterocycles. The number of benzene rings is 1. The average Bonchev–Trinajstić information content (AvgIpc) is 2.18. The molecule has 1 rings (SSSR count). The number of hydrogen-bond donors (Lipinski definition) is 2. The number of sulfone groups is 1. The Morgan fingerprint density at radius 1 is 1.29 bits per heavy atom. The first-order chi connectivity index (χ1) is 7.64. The summed E-state index contributed by atoms with van der Waals surface area (Å²) in [6.07, 6.45) is 0.712. The van der Waals surface area contributed by atoms with E-state index in [9.17, 15) is 27.5 Å². The van der Waals surface area contributed by atoms with Crippen LogP contribution in [-0.4, -0.2) is 36.6 Å². The fraction of sp³-hybridized carbons (Fsp3) is 0.111. The smallest absolute Gasteiger partial charge is 0.377 e. The standard InChI is InChI=1S/C9H7FO6S/c1-17(15,16)7-3-6(11)4(2-5(7)10)8(12)9(13)14/h2-3,11H,1H3,(H,13,14). The van der Waals surface area contributed by atoms with E-state index < -0.39 is 43.6 Å². The van der Waals surface area contributed by atoms with Gasteiger partial charge in [-0.2, -0.15) is 0 Å². The average molecular weight is 262 g/mol. The second kappa shape index (κ2) is 4.13. The van der Waals surface area contributed by atoms with Gasteiger partial charge in [-0.3, -0.25) is 4.79 Å². The molecular formula is C9H7FO6S. The van der Waals surface area contributed by atoms with Crippen molar-refractivity contribution in [3.05, 3.63) is 23.5 Å². The molecule has 0 aromatic heterocycles. The van der Waals surface area contributed by atoms with Crippen LogP contribution in [-0.2, 0) is 14.6 Å². The summed E-state index contributed by atoms with van der Waals surface area (Å²) in [5.41, 5.74) is -0.803. The molecular weight excluding hydrogens is 255 g/mol. The lowest BCUT2D eigenvalue weighted by molar-refractivity contribution is -0.131. The van der Waals surface area contributed by atoms with Gasteiger partial charge in [0, 0.05) is 12.3 Å². The number of aliphatic carboxylic acids is 1. The molecule has 0 radical (unpaired) electrons. The van der Waals surface area contributed by atoms with E-state index in [1.165, 1.54) is 0 Å². The maximum Gasteiger partial charge on any atom is 0.377 e. The third-order valence-corrected chi connectivity index (χ3v) is 3.00. The zero-order valence-electron chi connectivity index (χ0n) is 8.47. The van der Waals surface area contributed by atoms with Gasteiger partial charge >= 0.3 is 5.97 Å². The van der Waals surface area contributed by atoms with Crippen molar-refractivity contribution < 1.29 is 32.6 Å². The van der Waals surface area contributed by atoms with Crippen molar-refractivity contribution in [1.82, 2.24) is 0 Å². The molecule has 8 heteroatoms. The van der Waals surface area contributed by atoms with Crippen molar-refractivity contribution in [3.8, 4) is 5.75 Å². The fourth-order valence-corrected chi connectivity index (χ4v) is 1.86. The molecule has 0 aliphatic rings. The second-order valence-corrected chi connectivity index (χ2v) is 5.19.